The van der Waals surface area contributed by atoms with Crippen molar-refractivity contribution < 1.29 is 9.53 Å². The number of hydrogen-bond acceptors (Lipinski definition) is 5. The van der Waals surface area contributed by atoms with E-state index in [2.05, 4.69) is 4.98 Å². The van der Waals surface area contributed by atoms with E-state index in [9.17, 15) is 4.79 Å². The van der Waals surface area contributed by atoms with Gasteiger partial charge in [0, 0.05) is 12.7 Å². The van der Waals surface area contributed by atoms with Crippen LogP contribution in [0.4, 0.5) is 11.5 Å². The highest BCUT2D eigenvalue weighted by Gasteiger charge is 2.33. The molecule has 1 aliphatic rings. The topological polar surface area (TPSA) is 68.5 Å². The Bertz CT molecular complexity index is 408. The van der Waals surface area contributed by atoms with Crippen LogP contribution in [-0.4, -0.2) is 30.1 Å². The fourth-order valence-corrected chi connectivity index (χ4v) is 2.15. The van der Waals surface area contributed by atoms with Crippen molar-refractivity contribution in [3.8, 4) is 0 Å². The lowest BCUT2D eigenvalue weighted by atomic mass is 10.2. The van der Waals surface area contributed by atoms with Crippen LogP contribution in [0.2, 0.25) is 0 Å². The van der Waals surface area contributed by atoms with Crippen LogP contribution in [-0.2, 0) is 9.53 Å². The molecular formula is C12H17N3O2. The van der Waals surface area contributed by atoms with Crippen LogP contribution in [0.25, 0.3) is 0 Å². The second-order valence-corrected chi connectivity index (χ2v) is 4.02. The van der Waals surface area contributed by atoms with Crippen molar-refractivity contribution >= 4 is 17.5 Å². The van der Waals surface area contributed by atoms with Crippen LogP contribution < -0.4 is 10.6 Å². The zero-order valence-electron chi connectivity index (χ0n) is 9.93. The molecule has 0 aliphatic carbocycles. The van der Waals surface area contributed by atoms with Crippen LogP contribution in [0.3, 0.4) is 0 Å². The van der Waals surface area contributed by atoms with E-state index in [0.717, 1.165) is 19.4 Å². The summed E-state index contributed by atoms with van der Waals surface area (Å²) in [6.07, 6.45) is 3.45. The molecule has 0 bridgehead atoms. The molecule has 2 N–H and O–H groups in total. The monoisotopic (exact) mass is 235 g/mol. The molecule has 1 aromatic heterocycles. The molecule has 1 saturated heterocycles. The summed E-state index contributed by atoms with van der Waals surface area (Å²) in [5.41, 5.74) is 6.48. The molecule has 1 unspecified atom stereocenters. The number of carbonyl (C=O) groups excluding carboxylic acids is 1. The number of ether oxygens (including phenoxy) is 1. The first kappa shape index (κ1) is 11.7. The minimum absolute atomic E-state index is 0.185. The van der Waals surface area contributed by atoms with Gasteiger partial charge in [-0.1, -0.05) is 0 Å². The summed E-state index contributed by atoms with van der Waals surface area (Å²) in [5, 5.41) is 0. The van der Waals surface area contributed by atoms with Crippen molar-refractivity contribution in [1.82, 2.24) is 4.98 Å². The molecule has 0 aromatic carbocycles. The first-order valence-corrected chi connectivity index (χ1v) is 5.87. The molecular weight excluding hydrogens is 218 g/mol. The van der Waals surface area contributed by atoms with E-state index in [-0.39, 0.29) is 12.0 Å². The zero-order chi connectivity index (χ0) is 12.3. The van der Waals surface area contributed by atoms with Crippen molar-refractivity contribution in [2.24, 2.45) is 0 Å². The first-order chi connectivity index (χ1) is 8.24. The van der Waals surface area contributed by atoms with E-state index in [0.29, 0.717) is 18.1 Å². The first-order valence-electron chi connectivity index (χ1n) is 5.87. The van der Waals surface area contributed by atoms with Gasteiger partial charge in [-0.15, -0.1) is 0 Å². The van der Waals surface area contributed by atoms with Crippen molar-refractivity contribution in [2.45, 2.75) is 25.8 Å². The molecule has 2 rings (SSSR count). The number of hydrogen-bond donors (Lipinski definition) is 1. The second-order valence-electron chi connectivity index (χ2n) is 4.02. The minimum Gasteiger partial charge on any atom is -0.464 e. The summed E-state index contributed by atoms with van der Waals surface area (Å²) in [4.78, 5) is 18.0. The van der Waals surface area contributed by atoms with Crippen molar-refractivity contribution in [1.29, 1.82) is 0 Å². The maximum atomic E-state index is 11.8. The predicted octanol–water partition coefficient (Wildman–Crippen LogP) is 1.20. The number of nitrogens with zero attached hydrogens (tertiary/aromatic N) is 2. The maximum Gasteiger partial charge on any atom is 0.328 e. The number of rotatable bonds is 3. The Balaban J connectivity index is 2.20. The summed E-state index contributed by atoms with van der Waals surface area (Å²) in [6, 6.07) is 3.34. The number of anilines is 2. The second kappa shape index (κ2) is 5.03. The summed E-state index contributed by atoms with van der Waals surface area (Å²) in [6.45, 7) is 3.01. The van der Waals surface area contributed by atoms with Gasteiger partial charge in [-0.25, -0.2) is 9.78 Å². The van der Waals surface area contributed by atoms with Gasteiger partial charge < -0.3 is 15.4 Å². The summed E-state index contributed by atoms with van der Waals surface area (Å²) >= 11 is 0. The van der Waals surface area contributed by atoms with E-state index in [1.807, 2.05) is 11.8 Å². The van der Waals surface area contributed by atoms with Gasteiger partial charge in [0.25, 0.3) is 0 Å². The third kappa shape index (κ3) is 2.33. The highest BCUT2D eigenvalue weighted by Crippen LogP contribution is 2.28. The largest absolute Gasteiger partial charge is 0.464 e. The SMILES string of the molecule is CCOC(=O)C1CCCN1c1ncccc1N. The number of esters is 1. The Morgan fingerprint density at radius 3 is 3.24 bits per heavy atom. The lowest BCUT2D eigenvalue weighted by Crippen LogP contribution is -2.38. The summed E-state index contributed by atoms with van der Waals surface area (Å²) in [5.74, 6) is 0.498. The van der Waals surface area contributed by atoms with Gasteiger partial charge >= 0.3 is 5.97 Å². The lowest BCUT2D eigenvalue weighted by molar-refractivity contribution is -0.144. The normalized spacial score (nSPS) is 19.4. The highest BCUT2D eigenvalue weighted by molar-refractivity contribution is 5.82. The Labute approximate surface area is 101 Å². The molecule has 0 saturated carbocycles. The molecule has 0 radical (unpaired) electrons. The molecule has 0 amide bonds. The number of nitrogens with two attached hydrogens (primary N) is 1. The van der Waals surface area contributed by atoms with Crippen LogP contribution in [0.15, 0.2) is 18.3 Å². The van der Waals surface area contributed by atoms with Gasteiger partial charge in [-0.05, 0) is 31.9 Å². The average molecular weight is 235 g/mol. The van der Waals surface area contributed by atoms with E-state index in [1.54, 1.807) is 18.3 Å². The van der Waals surface area contributed by atoms with Crippen LogP contribution in [0.5, 0.6) is 0 Å². The van der Waals surface area contributed by atoms with Gasteiger partial charge in [0.15, 0.2) is 5.82 Å². The molecule has 0 spiro atoms. The number of aromatic nitrogens is 1. The van der Waals surface area contributed by atoms with E-state index in [4.69, 9.17) is 10.5 Å². The fraction of sp³-hybridized carbons (Fsp3) is 0.500. The van der Waals surface area contributed by atoms with Crippen LogP contribution in [0.1, 0.15) is 19.8 Å². The number of nitrogen functional groups attached to an aromatic ring is 1. The fourth-order valence-electron chi connectivity index (χ4n) is 2.15. The Morgan fingerprint density at radius 1 is 1.71 bits per heavy atom. The molecule has 5 nitrogen and oxygen atoms in total. The van der Waals surface area contributed by atoms with E-state index < -0.39 is 0 Å². The maximum absolute atomic E-state index is 11.8. The average Bonchev–Trinajstić information content (AvgIpc) is 2.79. The molecule has 1 aromatic rings. The lowest BCUT2D eigenvalue weighted by Gasteiger charge is -2.24. The molecule has 1 aliphatic heterocycles. The van der Waals surface area contributed by atoms with Gasteiger partial charge in [0.1, 0.15) is 6.04 Å². The molecule has 1 atom stereocenters. The molecule has 5 heteroatoms. The predicted molar refractivity (Wildman–Crippen MR) is 65.7 cm³/mol. The Hall–Kier alpha value is -1.78. The molecule has 1 fully saturated rings. The van der Waals surface area contributed by atoms with Crippen molar-refractivity contribution in [3.05, 3.63) is 18.3 Å². The van der Waals surface area contributed by atoms with Gasteiger partial charge in [0.2, 0.25) is 0 Å². The smallest absolute Gasteiger partial charge is 0.328 e. The van der Waals surface area contributed by atoms with E-state index >= 15 is 0 Å². The van der Waals surface area contributed by atoms with Crippen molar-refractivity contribution in [2.75, 3.05) is 23.8 Å². The third-order valence-corrected chi connectivity index (χ3v) is 2.90. The Morgan fingerprint density at radius 2 is 2.53 bits per heavy atom. The number of carbonyl (C=O) groups is 1. The quantitative estimate of drug-likeness (QED) is 0.797. The van der Waals surface area contributed by atoms with E-state index in [1.165, 1.54) is 0 Å². The molecule has 17 heavy (non-hydrogen) atoms. The Kier molecular flexibility index (Phi) is 3.46. The third-order valence-electron chi connectivity index (χ3n) is 2.90. The standard InChI is InChI=1S/C12H17N3O2/c1-2-17-12(16)10-6-4-8-15(10)11-9(13)5-3-7-14-11/h3,5,7,10H,2,4,6,8,13H2,1H3. The summed E-state index contributed by atoms with van der Waals surface area (Å²) in [7, 11) is 0. The van der Waals surface area contributed by atoms with Crippen LogP contribution in [0, 0.1) is 0 Å². The van der Waals surface area contributed by atoms with Gasteiger partial charge in [-0.3, -0.25) is 0 Å². The van der Waals surface area contributed by atoms with Gasteiger partial charge in [-0.2, -0.15) is 0 Å². The van der Waals surface area contributed by atoms with Gasteiger partial charge in [0.05, 0.1) is 12.3 Å². The molecule has 2 heterocycles. The highest BCUT2D eigenvalue weighted by atomic mass is 16.5. The van der Waals surface area contributed by atoms with Crippen molar-refractivity contribution in [3.63, 3.8) is 0 Å². The zero-order valence-corrected chi connectivity index (χ0v) is 9.93. The summed E-state index contributed by atoms with van der Waals surface area (Å²) < 4.78 is 5.07. The number of pyridine rings is 1. The molecule has 92 valence electrons. The van der Waals surface area contributed by atoms with Crippen LogP contribution >= 0.6 is 0 Å². The minimum atomic E-state index is -0.243.